The third kappa shape index (κ3) is 2.92. The summed E-state index contributed by atoms with van der Waals surface area (Å²) in [6, 6.07) is 5.24. The Kier molecular flexibility index (Phi) is 4.97. The molecule has 0 saturated carbocycles. The first kappa shape index (κ1) is 14.3. The van der Waals surface area contributed by atoms with Crippen LogP contribution in [-0.2, 0) is 9.53 Å². The summed E-state index contributed by atoms with van der Waals surface area (Å²) in [5.74, 6) is 0.106. The molecule has 0 aliphatic carbocycles. The maximum atomic E-state index is 11.3. The summed E-state index contributed by atoms with van der Waals surface area (Å²) in [6.07, 6.45) is -1.20. The summed E-state index contributed by atoms with van der Waals surface area (Å²) >= 11 is 0. The van der Waals surface area contributed by atoms with Gasteiger partial charge in [0, 0.05) is 5.92 Å². The number of rotatable bonds is 5. The smallest absolute Gasteiger partial charge is 0.335 e. The van der Waals surface area contributed by atoms with Gasteiger partial charge in [-0.1, -0.05) is 13.0 Å². The Morgan fingerprint density at radius 2 is 1.78 bits per heavy atom. The molecule has 2 atom stereocenters. The molecule has 1 rings (SSSR count). The normalized spacial score (nSPS) is 13.6. The van der Waals surface area contributed by atoms with Crippen molar-refractivity contribution in [3.63, 3.8) is 0 Å². The monoisotopic (exact) mass is 254 g/mol. The zero-order chi connectivity index (χ0) is 13.7. The van der Waals surface area contributed by atoms with Gasteiger partial charge in [0.1, 0.15) is 0 Å². The SMILES string of the molecule is COC(=O)C(O)C(C)c1ccc(OC)c(OC)c1. The van der Waals surface area contributed by atoms with Crippen molar-refractivity contribution in [1.82, 2.24) is 0 Å². The minimum Gasteiger partial charge on any atom is -0.493 e. The second-order valence-corrected chi connectivity index (χ2v) is 3.87. The van der Waals surface area contributed by atoms with E-state index in [-0.39, 0.29) is 0 Å². The molecule has 0 bridgehead atoms. The van der Waals surface area contributed by atoms with E-state index in [1.807, 2.05) is 0 Å². The van der Waals surface area contributed by atoms with Crippen molar-refractivity contribution in [2.75, 3.05) is 21.3 Å². The molecule has 0 fully saturated rings. The van der Waals surface area contributed by atoms with Crippen LogP contribution in [0.1, 0.15) is 18.4 Å². The number of hydrogen-bond donors (Lipinski definition) is 1. The van der Waals surface area contributed by atoms with Crippen LogP contribution in [0.15, 0.2) is 18.2 Å². The molecule has 18 heavy (non-hydrogen) atoms. The van der Waals surface area contributed by atoms with Crippen LogP contribution in [0.25, 0.3) is 0 Å². The van der Waals surface area contributed by atoms with Crippen molar-refractivity contribution >= 4 is 5.97 Å². The lowest BCUT2D eigenvalue weighted by atomic mass is 9.95. The number of esters is 1. The van der Waals surface area contributed by atoms with E-state index in [9.17, 15) is 9.90 Å². The summed E-state index contributed by atoms with van der Waals surface area (Å²) in [4.78, 5) is 11.3. The molecule has 0 spiro atoms. The van der Waals surface area contributed by atoms with Crippen LogP contribution in [-0.4, -0.2) is 38.5 Å². The maximum Gasteiger partial charge on any atom is 0.335 e. The van der Waals surface area contributed by atoms with Gasteiger partial charge < -0.3 is 19.3 Å². The summed E-state index contributed by atoms with van der Waals surface area (Å²) in [5.41, 5.74) is 0.769. The largest absolute Gasteiger partial charge is 0.493 e. The molecule has 0 aliphatic heterocycles. The molecule has 5 nitrogen and oxygen atoms in total. The molecular formula is C13H18O5. The quantitative estimate of drug-likeness (QED) is 0.803. The van der Waals surface area contributed by atoms with Gasteiger partial charge in [-0.2, -0.15) is 0 Å². The fourth-order valence-corrected chi connectivity index (χ4v) is 1.64. The lowest BCUT2D eigenvalue weighted by molar-refractivity contribution is -0.151. The zero-order valence-electron chi connectivity index (χ0n) is 11.0. The fraction of sp³-hybridized carbons (Fsp3) is 0.462. The Morgan fingerprint density at radius 1 is 1.17 bits per heavy atom. The van der Waals surface area contributed by atoms with Crippen molar-refractivity contribution in [1.29, 1.82) is 0 Å². The lowest BCUT2D eigenvalue weighted by Crippen LogP contribution is -2.27. The average Bonchev–Trinajstić information content (AvgIpc) is 2.43. The number of carbonyl (C=O) groups is 1. The molecular weight excluding hydrogens is 236 g/mol. The Balaban J connectivity index is 2.99. The van der Waals surface area contributed by atoms with E-state index >= 15 is 0 Å². The standard InChI is InChI=1S/C13H18O5/c1-8(12(14)13(15)18-4)9-5-6-10(16-2)11(7-9)17-3/h5-8,12,14H,1-4H3. The first-order valence-corrected chi connectivity index (χ1v) is 5.53. The number of aliphatic hydroxyl groups excluding tert-OH is 1. The van der Waals surface area contributed by atoms with Gasteiger partial charge in [0.05, 0.1) is 21.3 Å². The molecule has 0 saturated heterocycles. The number of carbonyl (C=O) groups excluding carboxylic acids is 1. The molecule has 2 unspecified atom stereocenters. The Labute approximate surface area is 106 Å². The van der Waals surface area contributed by atoms with Crippen LogP contribution in [0.2, 0.25) is 0 Å². The van der Waals surface area contributed by atoms with Gasteiger partial charge in [0.15, 0.2) is 17.6 Å². The van der Waals surface area contributed by atoms with Crippen LogP contribution in [0.5, 0.6) is 11.5 Å². The summed E-state index contributed by atoms with van der Waals surface area (Å²) < 4.78 is 14.8. The molecule has 1 aromatic rings. The highest BCUT2D eigenvalue weighted by atomic mass is 16.5. The zero-order valence-corrected chi connectivity index (χ0v) is 11.0. The first-order chi connectivity index (χ1) is 8.54. The van der Waals surface area contributed by atoms with E-state index in [0.29, 0.717) is 11.5 Å². The predicted molar refractivity (Wildman–Crippen MR) is 66.0 cm³/mol. The van der Waals surface area contributed by atoms with Crippen LogP contribution < -0.4 is 9.47 Å². The van der Waals surface area contributed by atoms with Crippen molar-refractivity contribution in [2.45, 2.75) is 18.9 Å². The minimum absolute atomic E-state index is 0.391. The third-order valence-corrected chi connectivity index (χ3v) is 2.85. The van der Waals surface area contributed by atoms with E-state index < -0.39 is 18.0 Å². The Bertz CT molecular complexity index is 416. The molecule has 1 N–H and O–H groups in total. The molecule has 0 aliphatic rings. The van der Waals surface area contributed by atoms with Gasteiger partial charge in [-0.3, -0.25) is 0 Å². The molecule has 0 amide bonds. The van der Waals surface area contributed by atoms with Gasteiger partial charge in [-0.05, 0) is 17.7 Å². The van der Waals surface area contributed by atoms with Crippen molar-refractivity contribution in [3.8, 4) is 11.5 Å². The molecule has 0 radical (unpaired) electrons. The van der Waals surface area contributed by atoms with Gasteiger partial charge in [0.25, 0.3) is 0 Å². The molecule has 100 valence electrons. The Morgan fingerprint density at radius 3 is 2.28 bits per heavy atom. The predicted octanol–water partition coefficient (Wildman–Crippen LogP) is 1.34. The van der Waals surface area contributed by atoms with E-state index in [2.05, 4.69) is 4.74 Å². The summed E-state index contributed by atoms with van der Waals surface area (Å²) in [7, 11) is 4.32. The highest BCUT2D eigenvalue weighted by Crippen LogP contribution is 2.31. The van der Waals surface area contributed by atoms with Crippen LogP contribution in [0.3, 0.4) is 0 Å². The number of benzene rings is 1. The van der Waals surface area contributed by atoms with Gasteiger partial charge in [-0.15, -0.1) is 0 Å². The lowest BCUT2D eigenvalue weighted by Gasteiger charge is -2.18. The number of aliphatic hydroxyl groups is 1. The van der Waals surface area contributed by atoms with Gasteiger partial charge >= 0.3 is 5.97 Å². The van der Waals surface area contributed by atoms with E-state index in [0.717, 1.165) is 5.56 Å². The first-order valence-electron chi connectivity index (χ1n) is 5.53. The van der Waals surface area contributed by atoms with E-state index in [1.165, 1.54) is 14.2 Å². The van der Waals surface area contributed by atoms with Crippen LogP contribution in [0, 0.1) is 0 Å². The second-order valence-electron chi connectivity index (χ2n) is 3.87. The summed E-state index contributed by atoms with van der Waals surface area (Å²) in [5, 5.41) is 9.78. The molecule has 5 heteroatoms. The minimum atomic E-state index is -1.20. The van der Waals surface area contributed by atoms with Crippen LogP contribution in [0.4, 0.5) is 0 Å². The highest BCUT2D eigenvalue weighted by molar-refractivity contribution is 5.75. The van der Waals surface area contributed by atoms with E-state index in [4.69, 9.17) is 9.47 Å². The highest BCUT2D eigenvalue weighted by Gasteiger charge is 2.25. The molecule has 0 heterocycles. The van der Waals surface area contributed by atoms with Crippen molar-refractivity contribution in [2.24, 2.45) is 0 Å². The van der Waals surface area contributed by atoms with Crippen molar-refractivity contribution in [3.05, 3.63) is 23.8 Å². The fourth-order valence-electron chi connectivity index (χ4n) is 1.64. The number of hydrogen-bond acceptors (Lipinski definition) is 5. The number of ether oxygens (including phenoxy) is 3. The Hall–Kier alpha value is -1.75. The maximum absolute atomic E-state index is 11.3. The average molecular weight is 254 g/mol. The topological polar surface area (TPSA) is 65.0 Å². The summed E-state index contributed by atoms with van der Waals surface area (Å²) in [6.45, 7) is 1.74. The van der Waals surface area contributed by atoms with Crippen LogP contribution >= 0.6 is 0 Å². The van der Waals surface area contributed by atoms with E-state index in [1.54, 1.807) is 32.2 Å². The van der Waals surface area contributed by atoms with Gasteiger partial charge in [-0.25, -0.2) is 4.79 Å². The second kappa shape index (κ2) is 6.26. The van der Waals surface area contributed by atoms with Crippen molar-refractivity contribution < 1.29 is 24.1 Å². The molecule has 0 aromatic heterocycles. The molecule has 1 aromatic carbocycles. The number of methoxy groups -OCH3 is 3. The third-order valence-electron chi connectivity index (χ3n) is 2.85. The van der Waals surface area contributed by atoms with Gasteiger partial charge in [0.2, 0.25) is 0 Å².